The number of hydrogen-bond acceptors (Lipinski definition) is 4. The van der Waals surface area contributed by atoms with Crippen LogP contribution in [0.4, 0.5) is 0 Å². The Kier molecular flexibility index (Phi) is 10.2. The van der Waals surface area contributed by atoms with Gasteiger partial charge in [-0.2, -0.15) is 0 Å². The van der Waals surface area contributed by atoms with Gasteiger partial charge in [0, 0.05) is 17.0 Å². The number of nitrogens with zero attached hydrogens (tertiary/aromatic N) is 1. The van der Waals surface area contributed by atoms with E-state index in [9.17, 15) is 4.79 Å². The van der Waals surface area contributed by atoms with Gasteiger partial charge in [-0.25, -0.2) is 4.98 Å². The van der Waals surface area contributed by atoms with Crippen molar-refractivity contribution in [2.75, 3.05) is 6.54 Å². The molecule has 26 heavy (non-hydrogen) atoms. The predicted molar refractivity (Wildman–Crippen MR) is 113 cm³/mol. The van der Waals surface area contributed by atoms with Crippen molar-refractivity contribution in [3.8, 4) is 10.6 Å². The van der Waals surface area contributed by atoms with Crippen LogP contribution in [0.2, 0.25) is 5.02 Å². The average Bonchev–Trinajstić information content (AvgIpc) is 2.97. The summed E-state index contributed by atoms with van der Waals surface area (Å²) in [5.41, 5.74) is 7.48. The molecular formula is C19H27Cl2N3OS. The van der Waals surface area contributed by atoms with Crippen LogP contribution in [-0.4, -0.2) is 17.4 Å². The number of nitrogens with two attached hydrogens (primary N) is 1. The van der Waals surface area contributed by atoms with E-state index in [1.807, 2.05) is 38.1 Å². The average molecular weight is 416 g/mol. The third-order valence-corrected chi connectivity index (χ3v) is 5.69. The minimum atomic E-state index is -0.0323. The number of aromatic nitrogens is 1. The number of halogens is 2. The molecule has 1 unspecified atom stereocenters. The van der Waals surface area contributed by atoms with Gasteiger partial charge in [-0.1, -0.05) is 36.6 Å². The summed E-state index contributed by atoms with van der Waals surface area (Å²) in [7, 11) is 0. The summed E-state index contributed by atoms with van der Waals surface area (Å²) in [5, 5.41) is 4.75. The molecule has 0 saturated heterocycles. The number of aryl methyl sites for hydroxylation is 1. The summed E-state index contributed by atoms with van der Waals surface area (Å²) in [6.07, 6.45) is 4.66. The van der Waals surface area contributed by atoms with E-state index < -0.39 is 0 Å². The third-order valence-electron chi connectivity index (χ3n) is 4.05. The number of amides is 1. The van der Waals surface area contributed by atoms with Gasteiger partial charge in [0.2, 0.25) is 5.91 Å². The first-order chi connectivity index (χ1) is 12.0. The lowest BCUT2D eigenvalue weighted by atomic mass is 10.1. The molecule has 0 saturated carbocycles. The van der Waals surface area contributed by atoms with E-state index in [1.54, 1.807) is 11.3 Å². The molecule has 1 heterocycles. The van der Waals surface area contributed by atoms with Gasteiger partial charge in [0.05, 0.1) is 16.6 Å². The van der Waals surface area contributed by atoms with Crippen LogP contribution in [0.3, 0.4) is 0 Å². The molecule has 1 aromatic carbocycles. The first-order valence-electron chi connectivity index (χ1n) is 8.74. The van der Waals surface area contributed by atoms with Crippen LogP contribution in [0.25, 0.3) is 10.6 Å². The Labute approximate surface area is 171 Å². The van der Waals surface area contributed by atoms with Crippen LogP contribution >= 0.6 is 35.3 Å². The maximum absolute atomic E-state index is 12.1. The highest BCUT2D eigenvalue weighted by Crippen LogP contribution is 2.32. The van der Waals surface area contributed by atoms with Gasteiger partial charge >= 0.3 is 0 Å². The number of hydrogen-bond donors (Lipinski definition) is 2. The first-order valence-corrected chi connectivity index (χ1v) is 9.93. The number of benzene rings is 1. The standard InChI is InChI=1S/C19H26ClN3OS.ClH/c1-13(22-17(24)7-5-3-4-6-12-21)18-14(2)23-19(25-18)15-8-10-16(20)11-9-15;/h8-11,13H,3-7,12,21H2,1-2H3,(H,22,24);1H. The maximum Gasteiger partial charge on any atom is 0.220 e. The zero-order chi connectivity index (χ0) is 18.2. The molecule has 0 bridgehead atoms. The second-order valence-electron chi connectivity index (χ2n) is 6.22. The summed E-state index contributed by atoms with van der Waals surface area (Å²) in [6, 6.07) is 7.63. The fourth-order valence-corrected chi connectivity index (χ4v) is 3.89. The maximum atomic E-state index is 12.1. The van der Waals surface area contributed by atoms with Crippen LogP contribution in [0, 0.1) is 6.92 Å². The molecule has 3 N–H and O–H groups in total. The minimum absolute atomic E-state index is 0. The van der Waals surface area contributed by atoms with Crippen molar-refractivity contribution in [1.82, 2.24) is 10.3 Å². The molecule has 0 aliphatic heterocycles. The van der Waals surface area contributed by atoms with Gasteiger partial charge in [-0.15, -0.1) is 23.7 Å². The zero-order valence-corrected chi connectivity index (χ0v) is 17.6. The second-order valence-corrected chi connectivity index (χ2v) is 7.68. The first kappa shape index (κ1) is 22.9. The Bertz CT molecular complexity index is 689. The molecule has 7 heteroatoms. The van der Waals surface area contributed by atoms with E-state index in [-0.39, 0.29) is 24.4 Å². The number of unbranched alkanes of at least 4 members (excludes halogenated alkanes) is 3. The molecule has 0 spiro atoms. The van der Waals surface area contributed by atoms with Crippen LogP contribution in [0.1, 0.15) is 55.6 Å². The van der Waals surface area contributed by atoms with Gasteiger partial charge in [-0.3, -0.25) is 4.79 Å². The highest BCUT2D eigenvalue weighted by molar-refractivity contribution is 7.15. The third kappa shape index (κ3) is 6.88. The summed E-state index contributed by atoms with van der Waals surface area (Å²) in [5.74, 6) is 0.0982. The molecule has 4 nitrogen and oxygen atoms in total. The van der Waals surface area contributed by atoms with Crippen molar-refractivity contribution >= 4 is 41.3 Å². The monoisotopic (exact) mass is 415 g/mol. The van der Waals surface area contributed by atoms with E-state index in [1.165, 1.54) is 0 Å². The predicted octanol–water partition coefficient (Wildman–Crippen LogP) is 5.28. The van der Waals surface area contributed by atoms with Gasteiger partial charge in [-0.05, 0) is 45.4 Å². The normalized spacial score (nSPS) is 11.7. The lowest BCUT2D eigenvalue weighted by Gasteiger charge is -2.12. The lowest BCUT2D eigenvalue weighted by Crippen LogP contribution is -2.26. The molecule has 0 fully saturated rings. The van der Waals surface area contributed by atoms with Crippen molar-refractivity contribution in [3.05, 3.63) is 39.9 Å². The molecule has 144 valence electrons. The van der Waals surface area contributed by atoms with Crippen molar-refractivity contribution < 1.29 is 4.79 Å². The Morgan fingerprint density at radius 2 is 1.88 bits per heavy atom. The quantitative estimate of drug-likeness (QED) is 0.547. The highest BCUT2D eigenvalue weighted by Gasteiger charge is 2.17. The summed E-state index contributed by atoms with van der Waals surface area (Å²) in [4.78, 5) is 17.9. The number of carbonyl (C=O) groups excluding carboxylic acids is 1. The van der Waals surface area contributed by atoms with E-state index in [0.29, 0.717) is 11.4 Å². The number of thiazole rings is 1. The summed E-state index contributed by atoms with van der Waals surface area (Å²) in [6.45, 7) is 4.73. The van der Waals surface area contributed by atoms with E-state index in [0.717, 1.165) is 53.4 Å². The topological polar surface area (TPSA) is 68.0 Å². The molecule has 0 aliphatic carbocycles. The molecule has 0 aliphatic rings. The van der Waals surface area contributed by atoms with Gasteiger partial charge in [0.25, 0.3) is 0 Å². The molecule has 1 atom stereocenters. The van der Waals surface area contributed by atoms with Crippen LogP contribution in [0.15, 0.2) is 24.3 Å². The fourth-order valence-electron chi connectivity index (χ4n) is 2.69. The molecule has 1 amide bonds. The van der Waals surface area contributed by atoms with E-state index in [4.69, 9.17) is 17.3 Å². The lowest BCUT2D eigenvalue weighted by molar-refractivity contribution is -0.121. The molecule has 2 rings (SSSR count). The summed E-state index contributed by atoms with van der Waals surface area (Å²) >= 11 is 7.56. The van der Waals surface area contributed by atoms with Gasteiger partial charge < -0.3 is 11.1 Å². The van der Waals surface area contributed by atoms with Crippen molar-refractivity contribution in [2.45, 2.75) is 52.0 Å². The number of rotatable bonds is 9. The second kappa shape index (κ2) is 11.5. The van der Waals surface area contributed by atoms with Crippen molar-refractivity contribution in [2.24, 2.45) is 5.73 Å². The molecular weight excluding hydrogens is 389 g/mol. The Hall–Kier alpha value is -1.14. The number of nitrogens with one attached hydrogen (secondary N) is 1. The van der Waals surface area contributed by atoms with Gasteiger partial charge in [0.15, 0.2) is 0 Å². The molecule has 2 aromatic rings. The Morgan fingerprint density at radius 3 is 2.54 bits per heavy atom. The molecule has 1 aromatic heterocycles. The highest BCUT2D eigenvalue weighted by atomic mass is 35.5. The SMILES string of the molecule is Cc1nc(-c2ccc(Cl)cc2)sc1C(C)NC(=O)CCCCCCN.Cl. The van der Waals surface area contributed by atoms with E-state index in [2.05, 4.69) is 10.3 Å². The van der Waals surface area contributed by atoms with Crippen LogP contribution in [0.5, 0.6) is 0 Å². The minimum Gasteiger partial charge on any atom is -0.349 e. The smallest absolute Gasteiger partial charge is 0.220 e. The largest absolute Gasteiger partial charge is 0.349 e. The van der Waals surface area contributed by atoms with Crippen LogP contribution in [-0.2, 0) is 4.79 Å². The Balaban J connectivity index is 0.00000338. The van der Waals surface area contributed by atoms with Gasteiger partial charge in [0.1, 0.15) is 5.01 Å². The molecule has 0 radical (unpaired) electrons. The summed E-state index contributed by atoms with van der Waals surface area (Å²) < 4.78 is 0. The van der Waals surface area contributed by atoms with Crippen molar-refractivity contribution in [1.29, 1.82) is 0 Å². The zero-order valence-electron chi connectivity index (χ0n) is 15.3. The van der Waals surface area contributed by atoms with Crippen molar-refractivity contribution in [3.63, 3.8) is 0 Å². The van der Waals surface area contributed by atoms with E-state index >= 15 is 0 Å². The fraction of sp³-hybridized carbons (Fsp3) is 0.474. The number of carbonyl (C=O) groups is 1. The Morgan fingerprint density at radius 1 is 1.23 bits per heavy atom. The van der Waals surface area contributed by atoms with Crippen LogP contribution < -0.4 is 11.1 Å².